The van der Waals surface area contributed by atoms with Crippen LogP contribution in [0.4, 0.5) is 0 Å². The van der Waals surface area contributed by atoms with Gasteiger partial charge in [0.2, 0.25) is 0 Å². The van der Waals surface area contributed by atoms with E-state index in [4.69, 9.17) is 4.98 Å². The molecule has 0 aliphatic carbocycles. The zero-order chi connectivity index (χ0) is 39.3. The average molecular weight is 783 g/mol. The molecule has 60 heavy (non-hydrogen) atoms. The summed E-state index contributed by atoms with van der Waals surface area (Å²) in [5.41, 5.74) is 15.0. The fraction of sp³-hybridized carbons (Fsp3) is 0. The number of para-hydroxylation sites is 6. The zero-order valence-electron chi connectivity index (χ0n) is 32.3. The number of fused-ring (bicyclic) bond motifs is 10. The smallest absolute Gasteiger partial charge is 0.195 e. The van der Waals surface area contributed by atoms with Gasteiger partial charge in [-0.2, -0.15) is 0 Å². The van der Waals surface area contributed by atoms with Gasteiger partial charge in [0.25, 0.3) is 0 Å². The number of nitrogens with zero attached hydrogens (tertiary/aromatic N) is 4. The highest BCUT2D eigenvalue weighted by atomic mass is 32.1. The van der Waals surface area contributed by atoms with Gasteiger partial charge in [0.1, 0.15) is 0 Å². The summed E-state index contributed by atoms with van der Waals surface area (Å²) in [6, 6.07) is 74.7. The van der Waals surface area contributed by atoms with E-state index in [0.29, 0.717) is 0 Å². The fourth-order valence-electron chi connectivity index (χ4n) is 9.66. The van der Waals surface area contributed by atoms with Crippen molar-refractivity contribution in [1.82, 2.24) is 18.7 Å². The summed E-state index contributed by atoms with van der Waals surface area (Å²) in [6.07, 6.45) is 0. The van der Waals surface area contributed by atoms with E-state index in [9.17, 15) is 0 Å². The van der Waals surface area contributed by atoms with Crippen molar-refractivity contribution in [2.75, 3.05) is 0 Å². The van der Waals surface area contributed by atoms with Crippen molar-refractivity contribution in [2.24, 2.45) is 0 Å². The van der Waals surface area contributed by atoms with Crippen molar-refractivity contribution in [3.8, 4) is 38.8 Å². The lowest BCUT2D eigenvalue weighted by molar-refractivity contribution is 1.15. The summed E-state index contributed by atoms with van der Waals surface area (Å²) in [5.74, 6) is 0. The molecule has 9 aromatic carbocycles. The molecule has 13 aromatic rings. The maximum Gasteiger partial charge on any atom is 0.195 e. The molecule has 0 unspecified atom stereocenters. The summed E-state index contributed by atoms with van der Waals surface area (Å²) in [6.45, 7) is 0. The second-order valence-electron chi connectivity index (χ2n) is 15.5. The van der Waals surface area contributed by atoms with E-state index in [1.165, 1.54) is 64.6 Å². The second kappa shape index (κ2) is 12.9. The largest absolute Gasteiger partial charge is 0.309 e. The Bertz CT molecular complexity index is 3470. The normalized spacial score (nSPS) is 12.0. The fourth-order valence-corrected chi connectivity index (χ4v) is 10.8. The predicted octanol–water partition coefficient (Wildman–Crippen LogP) is 14.9. The third-order valence-electron chi connectivity index (χ3n) is 12.3. The van der Waals surface area contributed by atoms with Crippen LogP contribution in [0, 0.1) is 0 Å². The molecule has 4 heterocycles. The summed E-state index contributed by atoms with van der Waals surface area (Å²) in [5, 5.41) is 8.47. The van der Waals surface area contributed by atoms with E-state index >= 15 is 0 Å². The van der Waals surface area contributed by atoms with Gasteiger partial charge in [-0.15, -0.1) is 0 Å². The Labute approximate surface area is 349 Å². The molecule has 280 valence electrons. The maximum atomic E-state index is 5.57. The molecule has 0 saturated heterocycles. The van der Waals surface area contributed by atoms with Gasteiger partial charge in [-0.1, -0.05) is 157 Å². The average Bonchev–Trinajstić information content (AvgIpc) is 4.07. The predicted molar refractivity (Wildman–Crippen MR) is 254 cm³/mol. The molecule has 0 bridgehead atoms. The Balaban J connectivity index is 0.990. The third kappa shape index (κ3) is 4.81. The van der Waals surface area contributed by atoms with Crippen LogP contribution in [0.25, 0.3) is 114 Å². The zero-order valence-corrected chi connectivity index (χ0v) is 33.1. The van der Waals surface area contributed by atoms with Gasteiger partial charge in [-0.25, -0.2) is 4.98 Å². The first-order valence-electron chi connectivity index (χ1n) is 20.4. The number of rotatable bonds is 5. The Kier molecular flexibility index (Phi) is 7.14. The van der Waals surface area contributed by atoms with E-state index < -0.39 is 0 Å². The molecule has 13 rings (SSSR count). The minimum atomic E-state index is 0.958. The van der Waals surface area contributed by atoms with Gasteiger partial charge in [0.15, 0.2) is 5.13 Å². The molecule has 0 radical (unpaired) electrons. The molecular weight excluding hydrogens is 749 g/mol. The highest BCUT2D eigenvalue weighted by molar-refractivity contribution is 7.21. The first-order chi connectivity index (χ1) is 29.8. The van der Waals surface area contributed by atoms with Crippen LogP contribution in [-0.2, 0) is 0 Å². The maximum absolute atomic E-state index is 5.57. The van der Waals surface area contributed by atoms with Crippen molar-refractivity contribution in [3.05, 3.63) is 206 Å². The monoisotopic (exact) mass is 782 g/mol. The Morgan fingerprint density at radius 2 is 0.617 bits per heavy atom. The van der Waals surface area contributed by atoms with Crippen LogP contribution in [0.5, 0.6) is 0 Å². The first-order valence-corrected chi connectivity index (χ1v) is 21.2. The van der Waals surface area contributed by atoms with Gasteiger partial charge in [0, 0.05) is 54.8 Å². The number of aromatic nitrogens is 4. The molecule has 0 N–H and O–H groups in total. The summed E-state index contributed by atoms with van der Waals surface area (Å²) in [4.78, 5) is 5.57. The highest BCUT2D eigenvalue weighted by Crippen LogP contribution is 2.43. The van der Waals surface area contributed by atoms with Crippen LogP contribution >= 0.6 is 11.3 Å². The van der Waals surface area contributed by atoms with Gasteiger partial charge in [0.05, 0.1) is 43.3 Å². The standard InChI is InChI=1S/C55H34N4S/c1-7-19-47-41(13-1)42-14-2-8-20-48(42)57(47)37-29-25-35(26-30-37)39-33-34-40(36-27-31-38(32-28-36)58-49-21-9-3-15-43(49)44-16-4-10-22-50(44)58)54-53(39)56-55(60-54)59-51-23-11-5-17-45(51)46-18-6-12-24-52(46)59/h1-34H. The molecule has 0 spiro atoms. The molecule has 4 aromatic heterocycles. The molecule has 0 aliphatic rings. The minimum Gasteiger partial charge on any atom is -0.309 e. The van der Waals surface area contributed by atoms with Crippen LogP contribution < -0.4 is 0 Å². The number of thiazole rings is 1. The van der Waals surface area contributed by atoms with Crippen LogP contribution in [0.15, 0.2) is 206 Å². The third-order valence-corrected chi connectivity index (χ3v) is 13.4. The lowest BCUT2D eigenvalue weighted by Gasteiger charge is -2.12. The van der Waals surface area contributed by atoms with E-state index in [1.54, 1.807) is 11.3 Å². The van der Waals surface area contributed by atoms with Crippen LogP contribution in [0.3, 0.4) is 0 Å². The Morgan fingerprint density at radius 3 is 1.00 bits per heavy atom. The molecule has 0 amide bonds. The second-order valence-corrected chi connectivity index (χ2v) is 16.5. The first kappa shape index (κ1) is 33.3. The molecule has 0 saturated carbocycles. The SMILES string of the molecule is c1ccc2c(c1)c1ccccc1n2-c1ccc(-c2ccc(-c3ccc(-n4c5ccccc5c5ccccc54)cc3)c3sc(-n4c5ccccc5c5ccccc54)nc23)cc1. The van der Waals surface area contributed by atoms with Crippen LogP contribution in [-0.4, -0.2) is 18.7 Å². The van der Waals surface area contributed by atoms with E-state index in [1.807, 2.05) is 0 Å². The lowest BCUT2D eigenvalue weighted by atomic mass is 9.98. The van der Waals surface area contributed by atoms with Crippen molar-refractivity contribution in [2.45, 2.75) is 0 Å². The van der Waals surface area contributed by atoms with Crippen LogP contribution in [0.2, 0.25) is 0 Å². The molecule has 0 atom stereocenters. The lowest BCUT2D eigenvalue weighted by Crippen LogP contribution is -1.94. The van der Waals surface area contributed by atoms with E-state index in [2.05, 4.69) is 220 Å². The molecular formula is C55H34N4S. The minimum absolute atomic E-state index is 0.958. The molecule has 4 nitrogen and oxygen atoms in total. The summed E-state index contributed by atoms with van der Waals surface area (Å²) >= 11 is 1.77. The highest BCUT2D eigenvalue weighted by Gasteiger charge is 2.21. The van der Waals surface area contributed by atoms with Crippen molar-refractivity contribution < 1.29 is 0 Å². The molecule has 0 aliphatic heterocycles. The quantitative estimate of drug-likeness (QED) is 0.171. The van der Waals surface area contributed by atoms with Gasteiger partial charge < -0.3 is 9.13 Å². The van der Waals surface area contributed by atoms with Crippen molar-refractivity contribution >= 4 is 87.0 Å². The Morgan fingerprint density at radius 1 is 0.300 bits per heavy atom. The van der Waals surface area contributed by atoms with Gasteiger partial charge in [-0.3, -0.25) is 4.57 Å². The molecule has 0 fully saturated rings. The van der Waals surface area contributed by atoms with Crippen LogP contribution in [0.1, 0.15) is 0 Å². The van der Waals surface area contributed by atoms with Crippen molar-refractivity contribution in [3.63, 3.8) is 0 Å². The van der Waals surface area contributed by atoms with E-state index in [0.717, 1.165) is 49.7 Å². The Hall–Kier alpha value is -7.73. The number of hydrogen-bond donors (Lipinski definition) is 0. The van der Waals surface area contributed by atoms with E-state index in [-0.39, 0.29) is 0 Å². The van der Waals surface area contributed by atoms with Gasteiger partial charge >= 0.3 is 0 Å². The number of hydrogen-bond acceptors (Lipinski definition) is 2. The summed E-state index contributed by atoms with van der Waals surface area (Å²) < 4.78 is 8.27. The molecule has 5 heteroatoms. The van der Waals surface area contributed by atoms with Gasteiger partial charge in [-0.05, 0) is 71.8 Å². The topological polar surface area (TPSA) is 27.7 Å². The summed E-state index contributed by atoms with van der Waals surface area (Å²) in [7, 11) is 0. The van der Waals surface area contributed by atoms with Crippen molar-refractivity contribution in [1.29, 1.82) is 0 Å². The number of benzene rings is 9.